The Hall–Kier alpha value is -1.59. The highest BCUT2D eigenvalue weighted by molar-refractivity contribution is 6.30. The molecule has 6 heteroatoms. The van der Waals surface area contributed by atoms with Crippen LogP contribution in [0.4, 0.5) is 13.2 Å². The van der Waals surface area contributed by atoms with E-state index in [-0.39, 0.29) is 11.1 Å². The molecule has 2 nitrogen and oxygen atoms in total. The monoisotopic (exact) mass is 287 g/mol. The van der Waals surface area contributed by atoms with Gasteiger partial charge in [0.2, 0.25) is 5.60 Å². The van der Waals surface area contributed by atoms with Crippen molar-refractivity contribution in [2.45, 2.75) is 11.8 Å². The summed E-state index contributed by atoms with van der Waals surface area (Å²) in [5, 5.41) is 10.5. The van der Waals surface area contributed by atoms with Crippen molar-refractivity contribution in [2.24, 2.45) is 0 Å². The molecule has 19 heavy (non-hydrogen) atoms. The van der Waals surface area contributed by atoms with Crippen molar-refractivity contribution in [3.63, 3.8) is 0 Å². The first-order valence-electron chi connectivity index (χ1n) is 5.31. The van der Waals surface area contributed by atoms with Crippen molar-refractivity contribution >= 4 is 11.6 Å². The van der Waals surface area contributed by atoms with Gasteiger partial charge in [-0.1, -0.05) is 29.8 Å². The van der Waals surface area contributed by atoms with Gasteiger partial charge in [-0.15, -0.1) is 0 Å². The van der Waals surface area contributed by atoms with Gasteiger partial charge in [0.05, 0.1) is 0 Å². The standard InChI is InChI=1S/C13H9ClF3NO/c14-11-5-3-9(4-6-11)12(19,13(15,16)17)10-2-1-7-18-8-10/h1-8,19H. The van der Waals surface area contributed by atoms with E-state index in [1.54, 1.807) is 0 Å². The fourth-order valence-corrected chi connectivity index (χ4v) is 1.89. The van der Waals surface area contributed by atoms with E-state index in [1.807, 2.05) is 0 Å². The van der Waals surface area contributed by atoms with Crippen LogP contribution in [0.1, 0.15) is 11.1 Å². The highest BCUT2D eigenvalue weighted by Crippen LogP contribution is 2.43. The lowest BCUT2D eigenvalue weighted by atomic mass is 9.87. The number of aromatic nitrogens is 1. The second-order valence-corrected chi connectivity index (χ2v) is 4.39. The Balaban J connectivity index is 2.63. The van der Waals surface area contributed by atoms with Gasteiger partial charge in [-0.3, -0.25) is 4.98 Å². The molecule has 1 heterocycles. The molecule has 1 unspecified atom stereocenters. The van der Waals surface area contributed by atoms with Crippen molar-refractivity contribution in [3.05, 3.63) is 64.9 Å². The van der Waals surface area contributed by atoms with Gasteiger partial charge in [0.25, 0.3) is 0 Å². The molecular weight excluding hydrogens is 279 g/mol. The largest absolute Gasteiger partial charge is 0.425 e. The Morgan fingerprint density at radius 1 is 1.00 bits per heavy atom. The summed E-state index contributed by atoms with van der Waals surface area (Å²) in [5.74, 6) is 0. The summed E-state index contributed by atoms with van der Waals surface area (Å²) < 4.78 is 39.8. The third-order valence-electron chi connectivity index (χ3n) is 2.75. The molecule has 0 spiro atoms. The summed E-state index contributed by atoms with van der Waals surface area (Å²) in [7, 11) is 0. The number of hydrogen-bond donors (Lipinski definition) is 1. The first-order chi connectivity index (χ1) is 8.85. The highest BCUT2D eigenvalue weighted by Gasteiger charge is 2.56. The summed E-state index contributed by atoms with van der Waals surface area (Å²) in [5.41, 5.74) is -3.76. The number of nitrogens with zero attached hydrogens (tertiary/aromatic N) is 1. The molecule has 0 amide bonds. The van der Waals surface area contributed by atoms with Gasteiger partial charge >= 0.3 is 6.18 Å². The molecule has 0 aliphatic carbocycles. The van der Waals surface area contributed by atoms with Gasteiger partial charge < -0.3 is 5.11 Å². The van der Waals surface area contributed by atoms with E-state index in [0.29, 0.717) is 5.02 Å². The molecule has 100 valence electrons. The van der Waals surface area contributed by atoms with E-state index in [1.165, 1.54) is 30.5 Å². The predicted molar refractivity (Wildman–Crippen MR) is 64.7 cm³/mol. The minimum absolute atomic E-state index is 0.291. The Labute approximate surface area is 112 Å². The second-order valence-electron chi connectivity index (χ2n) is 3.96. The molecular formula is C13H9ClF3NO. The molecule has 0 radical (unpaired) electrons. The maximum atomic E-state index is 13.3. The molecule has 1 N–H and O–H groups in total. The number of rotatable bonds is 2. The zero-order chi connectivity index (χ0) is 14.1. The minimum Gasteiger partial charge on any atom is -0.372 e. The lowest BCUT2D eigenvalue weighted by Crippen LogP contribution is -2.43. The second kappa shape index (κ2) is 4.83. The molecule has 2 rings (SSSR count). The van der Waals surface area contributed by atoms with Gasteiger partial charge in [0.15, 0.2) is 0 Å². The first kappa shape index (κ1) is 13.8. The molecule has 1 aromatic carbocycles. The van der Waals surface area contributed by atoms with Gasteiger partial charge in [-0.25, -0.2) is 0 Å². The highest BCUT2D eigenvalue weighted by atomic mass is 35.5. The van der Waals surface area contributed by atoms with Crippen LogP contribution in [0.2, 0.25) is 5.02 Å². The lowest BCUT2D eigenvalue weighted by molar-refractivity contribution is -0.248. The fraction of sp³-hybridized carbons (Fsp3) is 0.154. The number of hydrogen-bond acceptors (Lipinski definition) is 2. The Morgan fingerprint density at radius 3 is 2.11 bits per heavy atom. The van der Waals surface area contributed by atoms with Gasteiger partial charge in [0.1, 0.15) is 0 Å². The topological polar surface area (TPSA) is 33.1 Å². The van der Waals surface area contributed by atoms with Crippen molar-refractivity contribution in [1.82, 2.24) is 4.98 Å². The zero-order valence-corrected chi connectivity index (χ0v) is 10.3. The third-order valence-corrected chi connectivity index (χ3v) is 3.00. The van der Waals surface area contributed by atoms with E-state index in [0.717, 1.165) is 18.3 Å². The predicted octanol–water partition coefficient (Wildman–Crippen LogP) is 3.53. The average Bonchev–Trinajstić information content (AvgIpc) is 2.38. The normalized spacial score (nSPS) is 15.0. The quantitative estimate of drug-likeness (QED) is 0.916. The first-order valence-corrected chi connectivity index (χ1v) is 5.69. The van der Waals surface area contributed by atoms with Gasteiger partial charge in [-0.05, 0) is 23.8 Å². The SMILES string of the molecule is OC(c1ccc(Cl)cc1)(c1cccnc1)C(F)(F)F. The molecule has 0 saturated carbocycles. The molecule has 0 aliphatic heterocycles. The fourth-order valence-electron chi connectivity index (χ4n) is 1.76. The molecule has 1 aromatic heterocycles. The van der Waals surface area contributed by atoms with Gasteiger partial charge in [0, 0.05) is 23.0 Å². The molecule has 0 bridgehead atoms. The van der Waals surface area contributed by atoms with Crippen LogP contribution in [0.5, 0.6) is 0 Å². The Bertz CT molecular complexity index is 556. The molecule has 2 aromatic rings. The molecule has 0 fully saturated rings. The summed E-state index contributed by atoms with van der Waals surface area (Å²) >= 11 is 5.65. The van der Waals surface area contributed by atoms with Crippen LogP contribution in [0, 0.1) is 0 Å². The average molecular weight is 288 g/mol. The van der Waals surface area contributed by atoms with Crippen molar-refractivity contribution < 1.29 is 18.3 Å². The molecule has 1 atom stereocenters. The van der Waals surface area contributed by atoms with Crippen LogP contribution < -0.4 is 0 Å². The number of benzene rings is 1. The van der Waals surface area contributed by atoms with E-state index in [2.05, 4.69) is 4.98 Å². The van der Waals surface area contributed by atoms with E-state index < -0.39 is 11.8 Å². The van der Waals surface area contributed by atoms with Crippen LogP contribution >= 0.6 is 11.6 Å². The van der Waals surface area contributed by atoms with Crippen molar-refractivity contribution in [3.8, 4) is 0 Å². The summed E-state index contributed by atoms with van der Waals surface area (Å²) in [6.45, 7) is 0. The number of halogens is 4. The van der Waals surface area contributed by atoms with E-state index in [9.17, 15) is 18.3 Å². The van der Waals surface area contributed by atoms with Crippen LogP contribution in [0.3, 0.4) is 0 Å². The van der Waals surface area contributed by atoms with Crippen LogP contribution in [-0.2, 0) is 5.60 Å². The van der Waals surface area contributed by atoms with E-state index >= 15 is 0 Å². The van der Waals surface area contributed by atoms with Gasteiger partial charge in [-0.2, -0.15) is 13.2 Å². The zero-order valence-electron chi connectivity index (χ0n) is 9.53. The Morgan fingerprint density at radius 2 is 1.63 bits per heavy atom. The van der Waals surface area contributed by atoms with Crippen LogP contribution in [0.15, 0.2) is 48.8 Å². The van der Waals surface area contributed by atoms with Crippen molar-refractivity contribution in [1.29, 1.82) is 0 Å². The van der Waals surface area contributed by atoms with Crippen LogP contribution in [-0.4, -0.2) is 16.3 Å². The maximum absolute atomic E-state index is 13.3. The summed E-state index contributed by atoms with van der Waals surface area (Å²) in [6.07, 6.45) is -2.55. The smallest absolute Gasteiger partial charge is 0.372 e. The maximum Gasteiger partial charge on any atom is 0.425 e. The Kier molecular flexibility index (Phi) is 3.52. The number of pyridine rings is 1. The number of alkyl halides is 3. The lowest BCUT2D eigenvalue weighted by Gasteiger charge is -2.31. The van der Waals surface area contributed by atoms with Crippen LogP contribution in [0.25, 0.3) is 0 Å². The van der Waals surface area contributed by atoms with E-state index in [4.69, 9.17) is 11.6 Å². The van der Waals surface area contributed by atoms with Crippen molar-refractivity contribution in [2.75, 3.05) is 0 Å². The molecule has 0 saturated heterocycles. The third kappa shape index (κ3) is 2.43. The number of aliphatic hydroxyl groups is 1. The minimum atomic E-state index is -4.87. The summed E-state index contributed by atoms with van der Waals surface area (Å²) in [4.78, 5) is 3.62. The molecule has 0 aliphatic rings. The summed E-state index contributed by atoms with van der Waals surface area (Å²) in [6, 6.07) is 7.39.